The minimum atomic E-state index is 0.741. The van der Waals surface area contributed by atoms with Crippen LogP contribution in [0.5, 0.6) is 0 Å². The molecule has 2 N–H and O–H groups in total. The van der Waals surface area contributed by atoms with Gasteiger partial charge in [0.05, 0.1) is 41.0 Å². The van der Waals surface area contributed by atoms with Gasteiger partial charge < -0.3 is 15.0 Å². The van der Waals surface area contributed by atoms with E-state index in [2.05, 4.69) is 36.4 Å². The van der Waals surface area contributed by atoms with Gasteiger partial charge in [0, 0.05) is 43.7 Å². The molecular weight excluding hydrogens is 436 g/mol. The highest BCUT2D eigenvalue weighted by Gasteiger charge is 2.20. The molecule has 0 bridgehead atoms. The number of nitrogens with one attached hydrogen (secondary N) is 2. The maximum atomic E-state index is 5.55. The van der Waals surface area contributed by atoms with Crippen molar-refractivity contribution >= 4 is 38.9 Å². The summed E-state index contributed by atoms with van der Waals surface area (Å²) in [6, 6.07) is 6.21. The summed E-state index contributed by atoms with van der Waals surface area (Å²) in [4.78, 5) is 19.3. The molecule has 4 aromatic rings. The lowest BCUT2D eigenvalue weighted by atomic mass is 10.2. The first-order valence-corrected chi connectivity index (χ1v) is 12.2. The second kappa shape index (κ2) is 9.05. The van der Waals surface area contributed by atoms with Crippen LogP contribution in [-0.4, -0.2) is 69.4 Å². The van der Waals surface area contributed by atoms with Gasteiger partial charge in [-0.3, -0.25) is 10.00 Å². The number of hydrogen-bond donors (Lipinski definition) is 2. The number of morpholine rings is 1. The number of nitrogens with zero attached hydrogens (tertiary/aromatic N) is 6. The number of rotatable bonds is 6. The molecule has 2 saturated heterocycles. The molecule has 6 rings (SSSR count). The average molecular weight is 463 g/mol. The van der Waals surface area contributed by atoms with Gasteiger partial charge in [0.2, 0.25) is 0 Å². The number of ether oxygens (including phenoxy) is 1. The molecule has 4 aromatic heterocycles. The molecule has 170 valence electrons. The molecule has 0 aliphatic carbocycles. The smallest absolute Gasteiger partial charge is 0.133 e. The fourth-order valence-corrected chi connectivity index (χ4v) is 5.35. The Morgan fingerprint density at radius 1 is 1.03 bits per heavy atom. The molecule has 0 unspecified atom stereocenters. The van der Waals surface area contributed by atoms with Crippen LogP contribution in [0.25, 0.3) is 20.8 Å². The van der Waals surface area contributed by atoms with Crippen molar-refractivity contribution in [2.45, 2.75) is 19.4 Å². The number of likely N-dealkylation sites (tertiary alicyclic amines) is 1. The average Bonchev–Trinajstić information content (AvgIpc) is 3.61. The predicted molar refractivity (Wildman–Crippen MR) is 130 cm³/mol. The van der Waals surface area contributed by atoms with E-state index in [0.717, 1.165) is 84.1 Å². The van der Waals surface area contributed by atoms with Crippen LogP contribution in [-0.2, 0) is 11.3 Å². The third kappa shape index (κ3) is 4.41. The fraction of sp³-hybridized carbons (Fsp3) is 0.391. The largest absolute Gasteiger partial charge is 0.378 e. The van der Waals surface area contributed by atoms with Crippen molar-refractivity contribution in [3.63, 3.8) is 0 Å². The summed E-state index contributed by atoms with van der Waals surface area (Å²) in [6.45, 7) is 6.49. The third-order valence-electron chi connectivity index (χ3n) is 6.15. The van der Waals surface area contributed by atoms with Crippen LogP contribution < -0.4 is 10.2 Å². The van der Waals surface area contributed by atoms with Gasteiger partial charge in [-0.1, -0.05) is 0 Å². The monoisotopic (exact) mass is 462 g/mol. The number of thiazole rings is 1. The minimum absolute atomic E-state index is 0.741. The van der Waals surface area contributed by atoms with Crippen molar-refractivity contribution in [3.05, 3.63) is 42.5 Å². The molecule has 6 heterocycles. The highest BCUT2D eigenvalue weighted by Crippen LogP contribution is 2.31. The van der Waals surface area contributed by atoms with Crippen LogP contribution in [0, 0.1) is 0 Å². The Hall–Kier alpha value is -3.08. The molecule has 0 atom stereocenters. The third-order valence-corrected chi connectivity index (χ3v) is 7.21. The predicted octanol–water partition coefficient (Wildman–Crippen LogP) is 3.65. The fourth-order valence-electron chi connectivity index (χ4n) is 4.45. The molecular formula is C23H26N8OS. The topological polar surface area (TPSA) is 95.1 Å². The Kier molecular flexibility index (Phi) is 5.63. The van der Waals surface area contributed by atoms with Crippen LogP contribution in [0.3, 0.4) is 0 Å². The van der Waals surface area contributed by atoms with E-state index in [9.17, 15) is 0 Å². The number of H-pyrrole nitrogens is 1. The van der Waals surface area contributed by atoms with E-state index in [1.54, 1.807) is 17.5 Å². The van der Waals surface area contributed by atoms with Crippen molar-refractivity contribution < 1.29 is 4.74 Å². The molecule has 2 fully saturated rings. The summed E-state index contributed by atoms with van der Waals surface area (Å²) < 4.78 is 6.60. The van der Waals surface area contributed by atoms with Crippen molar-refractivity contribution in [1.29, 1.82) is 0 Å². The van der Waals surface area contributed by atoms with Gasteiger partial charge in [0.25, 0.3) is 0 Å². The van der Waals surface area contributed by atoms with Crippen LogP contribution in [0.1, 0.15) is 18.5 Å². The molecule has 0 spiro atoms. The van der Waals surface area contributed by atoms with Gasteiger partial charge in [-0.2, -0.15) is 5.10 Å². The maximum absolute atomic E-state index is 5.55. The Labute approximate surface area is 195 Å². The number of pyridine rings is 2. The van der Waals surface area contributed by atoms with E-state index in [1.165, 1.54) is 18.5 Å². The van der Waals surface area contributed by atoms with Gasteiger partial charge in [-0.05, 0) is 38.1 Å². The Bertz CT molecular complexity index is 1230. The van der Waals surface area contributed by atoms with E-state index in [0.29, 0.717) is 0 Å². The van der Waals surface area contributed by atoms with Crippen LogP contribution in [0.15, 0.2) is 36.8 Å². The molecule has 0 amide bonds. The molecule has 0 radical (unpaired) electrons. The lowest BCUT2D eigenvalue weighted by molar-refractivity contribution is 0.122. The Morgan fingerprint density at radius 3 is 2.73 bits per heavy atom. The summed E-state index contributed by atoms with van der Waals surface area (Å²) in [5.74, 6) is 1.55. The van der Waals surface area contributed by atoms with Crippen LogP contribution in [0.4, 0.5) is 17.3 Å². The summed E-state index contributed by atoms with van der Waals surface area (Å²) in [7, 11) is 0. The summed E-state index contributed by atoms with van der Waals surface area (Å²) in [6.07, 6.45) is 8.04. The van der Waals surface area contributed by atoms with Gasteiger partial charge in [0.1, 0.15) is 16.6 Å². The Balaban J connectivity index is 1.27. The molecule has 10 heteroatoms. The normalized spacial score (nSPS) is 17.2. The molecule has 9 nitrogen and oxygen atoms in total. The van der Waals surface area contributed by atoms with Gasteiger partial charge in [-0.15, -0.1) is 11.3 Å². The first-order valence-electron chi connectivity index (χ1n) is 11.4. The van der Waals surface area contributed by atoms with Crippen molar-refractivity contribution in [2.75, 3.05) is 49.6 Å². The molecule has 0 saturated carbocycles. The SMILES string of the molecule is c1n[nH]cc1-c1nc2cc(Nc3ccc(N4CCOCC4)c(CN4CCCC4)n3)ncc2s1. The summed E-state index contributed by atoms with van der Waals surface area (Å²) in [5, 5.41) is 11.2. The van der Waals surface area contributed by atoms with Gasteiger partial charge in [0.15, 0.2) is 0 Å². The molecule has 2 aliphatic heterocycles. The lowest BCUT2D eigenvalue weighted by Crippen LogP contribution is -2.37. The van der Waals surface area contributed by atoms with Crippen LogP contribution in [0.2, 0.25) is 0 Å². The minimum Gasteiger partial charge on any atom is -0.378 e. The van der Waals surface area contributed by atoms with Crippen molar-refractivity contribution in [3.8, 4) is 10.6 Å². The van der Waals surface area contributed by atoms with Gasteiger partial charge in [-0.25, -0.2) is 15.0 Å². The molecule has 33 heavy (non-hydrogen) atoms. The van der Waals surface area contributed by atoms with Gasteiger partial charge >= 0.3 is 0 Å². The summed E-state index contributed by atoms with van der Waals surface area (Å²) in [5.41, 5.74) is 4.22. The highest BCUT2D eigenvalue weighted by atomic mass is 32.1. The van der Waals surface area contributed by atoms with E-state index < -0.39 is 0 Å². The van der Waals surface area contributed by atoms with E-state index >= 15 is 0 Å². The number of fused-ring (bicyclic) bond motifs is 1. The molecule has 0 aromatic carbocycles. The van der Waals surface area contributed by atoms with E-state index in [-0.39, 0.29) is 0 Å². The van der Waals surface area contributed by atoms with Crippen molar-refractivity contribution in [2.24, 2.45) is 0 Å². The second-order valence-corrected chi connectivity index (χ2v) is 9.44. The highest BCUT2D eigenvalue weighted by molar-refractivity contribution is 7.21. The van der Waals surface area contributed by atoms with Crippen LogP contribution >= 0.6 is 11.3 Å². The Morgan fingerprint density at radius 2 is 1.91 bits per heavy atom. The maximum Gasteiger partial charge on any atom is 0.133 e. The first kappa shape index (κ1) is 20.5. The summed E-state index contributed by atoms with van der Waals surface area (Å²) >= 11 is 1.61. The number of aromatic amines is 1. The number of hydrogen-bond acceptors (Lipinski definition) is 9. The first-order chi connectivity index (χ1) is 16.3. The lowest BCUT2D eigenvalue weighted by Gasteiger charge is -2.31. The zero-order valence-corrected chi connectivity index (χ0v) is 19.1. The quantitative estimate of drug-likeness (QED) is 0.448. The van der Waals surface area contributed by atoms with E-state index in [4.69, 9.17) is 14.7 Å². The zero-order chi connectivity index (χ0) is 22.0. The van der Waals surface area contributed by atoms with E-state index in [1.807, 2.05) is 24.5 Å². The van der Waals surface area contributed by atoms with Crippen molar-refractivity contribution in [1.82, 2.24) is 30.0 Å². The number of aromatic nitrogens is 5. The number of anilines is 3. The second-order valence-electron chi connectivity index (χ2n) is 8.41. The standard InChI is InChI=1S/C23H26N8OS/c1-2-6-30(5-1)15-18-19(31-7-9-32-10-8-31)3-4-21(27-18)29-22-11-17-20(14-24-22)33-23(28-17)16-12-25-26-13-16/h3-4,11-14H,1-2,5-10,15H2,(H,25,26)(H,24,27,29). The zero-order valence-electron chi connectivity index (χ0n) is 18.3. The molecule has 2 aliphatic rings.